The zero-order valence-electron chi connectivity index (χ0n) is 11.8. The molecule has 0 unspecified atom stereocenters. The molecule has 0 atom stereocenters. The van der Waals surface area contributed by atoms with Gasteiger partial charge < -0.3 is 15.0 Å². The highest BCUT2D eigenvalue weighted by atomic mass is 32.1. The maximum absolute atomic E-state index is 5.26. The number of anilines is 2. The smallest absolute Gasteiger partial charge is 0.189 e. The van der Waals surface area contributed by atoms with E-state index in [-0.39, 0.29) is 0 Å². The normalized spacial score (nSPS) is 14.3. The summed E-state index contributed by atoms with van der Waals surface area (Å²) in [4.78, 5) is 7.88. The van der Waals surface area contributed by atoms with Crippen LogP contribution >= 0.6 is 11.3 Å². The molecular weight excluding hydrogens is 270 g/mol. The Morgan fingerprint density at radius 1 is 1.45 bits per heavy atom. The Kier molecular flexibility index (Phi) is 3.89. The van der Waals surface area contributed by atoms with Gasteiger partial charge in [-0.1, -0.05) is 6.07 Å². The lowest BCUT2D eigenvalue weighted by Gasteiger charge is -2.16. The highest BCUT2D eigenvalue weighted by molar-refractivity contribution is 7.15. The van der Waals surface area contributed by atoms with E-state index in [4.69, 9.17) is 4.74 Å². The maximum atomic E-state index is 5.26. The Hall–Kier alpha value is -1.59. The topological polar surface area (TPSA) is 37.4 Å². The lowest BCUT2D eigenvalue weighted by atomic mass is 10.3. The Balaban J connectivity index is 1.70. The molecule has 1 aromatic heterocycles. The fourth-order valence-electron chi connectivity index (χ4n) is 2.00. The Morgan fingerprint density at radius 2 is 2.30 bits per heavy atom. The van der Waals surface area contributed by atoms with Crippen LogP contribution in [0.2, 0.25) is 0 Å². The first-order valence-electron chi connectivity index (χ1n) is 6.82. The molecule has 2 aromatic rings. The molecule has 1 saturated carbocycles. The third-order valence-corrected chi connectivity index (χ3v) is 4.49. The average molecular weight is 289 g/mol. The summed E-state index contributed by atoms with van der Waals surface area (Å²) in [6.07, 6.45) is 4.59. The van der Waals surface area contributed by atoms with Crippen molar-refractivity contribution in [3.05, 3.63) is 35.3 Å². The van der Waals surface area contributed by atoms with Crippen LogP contribution < -0.4 is 15.0 Å². The van der Waals surface area contributed by atoms with Gasteiger partial charge in [0.15, 0.2) is 5.13 Å². The van der Waals surface area contributed by atoms with E-state index in [9.17, 15) is 0 Å². The van der Waals surface area contributed by atoms with E-state index in [0.717, 1.165) is 29.2 Å². The molecule has 106 valence electrons. The molecule has 0 radical (unpaired) electrons. The van der Waals surface area contributed by atoms with Crippen LogP contribution in [-0.2, 0) is 6.54 Å². The summed E-state index contributed by atoms with van der Waals surface area (Å²) in [5.74, 6) is 0.863. The van der Waals surface area contributed by atoms with Gasteiger partial charge in [-0.15, -0.1) is 11.3 Å². The van der Waals surface area contributed by atoms with Crippen LogP contribution in [0.25, 0.3) is 0 Å². The second kappa shape index (κ2) is 5.81. The fourth-order valence-corrected chi connectivity index (χ4v) is 2.84. The van der Waals surface area contributed by atoms with Crippen LogP contribution in [-0.4, -0.2) is 25.2 Å². The first-order chi connectivity index (χ1) is 9.76. The van der Waals surface area contributed by atoms with Crippen molar-refractivity contribution in [1.82, 2.24) is 10.3 Å². The minimum absolute atomic E-state index is 0.733. The third-order valence-electron chi connectivity index (χ3n) is 3.41. The van der Waals surface area contributed by atoms with Crippen molar-refractivity contribution in [3.63, 3.8) is 0 Å². The number of hydrogen-bond donors (Lipinski definition) is 1. The summed E-state index contributed by atoms with van der Waals surface area (Å²) < 4.78 is 5.26. The van der Waals surface area contributed by atoms with Gasteiger partial charge in [-0.2, -0.15) is 0 Å². The van der Waals surface area contributed by atoms with Crippen LogP contribution in [0.15, 0.2) is 30.5 Å². The van der Waals surface area contributed by atoms with Gasteiger partial charge in [0.25, 0.3) is 0 Å². The first-order valence-corrected chi connectivity index (χ1v) is 7.64. The minimum Gasteiger partial charge on any atom is -0.497 e. The van der Waals surface area contributed by atoms with Gasteiger partial charge in [-0.25, -0.2) is 4.98 Å². The van der Waals surface area contributed by atoms with E-state index in [1.54, 1.807) is 18.4 Å². The summed E-state index contributed by atoms with van der Waals surface area (Å²) in [6, 6.07) is 8.75. The quantitative estimate of drug-likeness (QED) is 0.886. The second-order valence-electron chi connectivity index (χ2n) is 5.02. The van der Waals surface area contributed by atoms with Gasteiger partial charge in [-0.3, -0.25) is 0 Å². The number of ether oxygens (including phenoxy) is 1. The van der Waals surface area contributed by atoms with Crippen LogP contribution in [0.1, 0.15) is 17.7 Å². The molecule has 0 bridgehead atoms. The van der Waals surface area contributed by atoms with Crippen LogP contribution in [0, 0.1) is 0 Å². The number of nitrogens with zero attached hydrogens (tertiary/aromatic N) is 2. The van der Waals surface area contributed by atoms with Crippen molar-refractivity contribution in [3.8, 4) is 5.75 Å². The molecule has 3 rings (SSSR count). The zero-order valence-corrected chi connectivity index (χ0v) is 12.6. The molecule has 20 heavy (non-hydrogen) atoms. The Morgan fingerprint density at radius 3 is 3.05 bits per heavy atom. The SMILES string of the molecule is COc1cccc(N(C)c2ncc(CNC3CC3)s2)c1. The number of rotatable bonds is 6. The molecule has 1 fully saturated rings. The van der Waals surface area contributed by atoms with Crippen molar-refractivity contribution < 1.29 is 4.74 Å². The molecule has 0 saturated heterocycles. The Bertz CT molecular complexity index is 580. The minimum atomic E-state index is 0.733. The number of methoxy groups -OCH3 is 1. The van der Waals surface area contributed by atoms with Crippen molar-refractivity contribution in [2.45, 2.75) is 25.4 Å². The van der Waals surface area contributed by atoms with E-state index in [1.165, 1.54) is 17.7 Å². The molecule has 0 aliphatic heterocycles. The van der Waals surface area contributed by atoms with E-state index in [0.29, 0.717) is 0 Å². The molecular formula is C15H19N3OS. The van der Waals surface area contributed by atoms with E-state index in [1.807, 2.05) is 31.4 Å². The van der Waals surface area contributed by atoms with E-state index < -0.39 is 0 Å². The largest absolute Gasteiger partial charge is 0.497 e. The van der Waals surface area contributed by atoms with Crippen molar-refractivity contribution in [2.75, 3.05) is 19.1 Å². The Labute approximate surface area is 123 Å². The molecule has 4 nitrogen and oxygen atoms in total. The third kappa shape index (κ3) is 3.11. The number of aromatic nitrogens is 1. The zero-order chi connectivity index (χ0) is 13.9. The van der Waals surface area contributed by atoms with Crippen molar-refractivity contribution in [1.29, 1.82) is 0 Å². The molecule has 0 spiro atoms. The molecule has 1 aliphatic carbocycles. The highest BCUT2D eigenvalue weighted by Crippen LogP contribution is 2.30. The molecule has 1 aliphatic rings. The van der Waals surface area contributed by atoms with Gasteiger partial charge in [0.05, 0.1) is 7.11 Å². The van der Waals surface area contributed by atoms with Crippen LogP contribution in [0.3, 0.4) is 0 Å². The van der Waals surface area contributed by atoms with Gasteiger partial charge in [0.1, 0.15) is 5.75 Å². The van der Waals surface area contributed by atoms with Crippen molar-refractivity contribution >= 4 is 22.2 Å². The summed E-state index contributed by atoms with van der Waals surface area (Å²) in [5, 5.41) is 4.52. The molecule has 1 aromatic carbocycles. The average Bonchev–Trinajstić information content (AvgIpc) is 3.21. The van der Waals surface area contributed by atoms with E-state index >= 15 is 0 Å². The van der Waals surface area contributed by atoms with Gasteiger partial charge in [-0.05, 0) is 25.0 Å². The lowest BCUT2D eigenvalue weighted by molar-refractivity contribution is 0.415. The van der Waals surface area contributed by atoms with Crippen LogP contribution in [0.5, 0.6) is 5.75 Å². The van der Waals surface area contributed by atoms with Crippen molar-refractivity contribution in [2.24, 2.45) is 0 Å². The van der Waals surface area contributed by atoms with Gasteiger partial charge in [0, 0.05) is 42.5 Å². The second-order valence-corrected chi connectivity index (χ2v) is 6.12. The summed E-state index contributed by atoms with van der Waals surface area (Å²) in [5.41, 5.74) is 1.08. The predicted molar refractivity (Wildman–Crippen MR) is 83.0 cm³/mol. The van der Waals surface area contributed by atoms with E-state index in [2.05, 4.69) is 21.3 Å². The predicted octanol–water partition coefficient (Wildman–Crippen LogP) is 3.17. The molecule has 1 N–H and O–H groups in total. The molecule has 5 heteroatoms. The maximum Gasteiger partial charge on any atom is 0.189 e. The fraction of sp³-hybridized carbons (Fsp3) is 0.400. The van der Waals surface area contributed by atoms with Gasteiger partial charge in [0.2, 0.25) is 0 Å². The summed E-state index contributed by atoms with van der Waals surface area (Å²) in [6.45, 7) is 0.925. The van der Waals surface area contributed by atoms with Gasteiger partial charge >= 0.3 is 0 Å². The highest BCUT2D eigenvalue weighted by Gasteiger charge is 2.20. The van der Waals surface area contributed by atoms with Crippen LogP contribution in [0.4, 0.5) is 10.8 Å². The lowest BCUT2D eigenvalue weighted by Crippen LogP contribution is -2.14. The number of hydrogen-bond acceptors (Lipinski definition) is 5. The molecule has 1 heterocycles. The standard InChI is InChI=1S/C15H19N3OS/c1-18(12-4-3-5-13(8-12)19-2)15-17-10-14(20-15)9-16-11-6-7-11/h3-5,8,10-11,16H,6-7,9H2,1-2H3. The monoisotopic (exact) mass is 289 g/mol. The first kappa shape index (κ1) is 13.4. The number of nitrogens with one attached hydrogen (secondary N) is 1. The summed E-state index contributed by atoms with van der Waals surface area (Å²) in [7, 11) is 3.72. The number of benzene rings is 1. The summed E-state index contributed by atoms with van der Waals surface area (Å²) >= 11 is 1.73. The number of thiazole rings is 1. The molecule has 0 amide bonds.